The Balaban J connectivity index is 2.43. The maximum absolute atomic E-state index is 12.8. The van der Waals surface area contributed by atoms with Crippen LogP contribution in [0.25, 0.3) is 5.69 Å². The average molecular weight is 255 g/mol. The summed E-state index contributed by atoms with van der Waals surface area (Å²) in [5.74, 6) is 0. The number of hydrogen-bond acceptors (Lipinski definition) is 2. The molecule has 0 saturated heterocycles. The van der Waals surface area contributed by atoms with E-state index in [0.717, 1.165) is 6.07 Å². The normalized spacial score (nSPS) is 11.8. The number of alkyl halides is 3. The molecular weight excluding hydrogens is 243 g/mol. The van der Waals surface area contributed by atoms with Crippen LogP contribution in [-0.4, -0.2) is 16.8 Å². The lowest BCUT2D eigenvalue weighted by Gasteiger charge is -2.12. The molecule has 0 aliphatic heterocycles. The topological polar surface area (TPSA) is 29.9 Å². The molecule has 6 heteroatoms. The van der Waals surface area contributed by atoms with E-state index in [4.69, 9.17) is 0 Å². The summed E-state index contributed by atoms with van der Waals surface area (Å²) in [4.78, 5) is 0. The lowest BCUT2D eigenvalue weighted by molar-refractivity contribution is -0.137. The van der Waals surface area contributed by atoms with E-state index < -0.39 is 11.7 Å². The zero-order valence-corrected chi connectivity index (χ0v) is 9.70. The Hall–Kier alpha value is -1.82. The number of benzene rings is 1. The van der Waals surface area contributed by atoms with Crippen LogP contribution in [0.4, 0.5) is 13.2 Å². The highest BCUT2D eigenvalue weighted by molar-refractivity contribution is 5.42. The number of para-hydroxylation sites is 1. The first kappa shape index (κ1) is 12.6. The van der Waals surface area contributed by atoms with Crippen molar-refractivity contribution >= 4 is 0 Å². The zero-order valence-electron chi connectivity index (χ0n) is 9.70. The molecule has 2 rings (SSSR count). The third-order valence-electron chi connectivity index (χ3n) is 2.46. The molecule has 1 heterocycles. The lowest BCUT2D eigenvalue weighted by atomic mass is 10.2. The van der Waals surface area contributed by atoms with Crippen molar-refractivity contribution in [2.75, 3.05) is 7.05 Å². The molecule has 18 heavy (non-hydrogen) atoms. The van der Waals surface area contributed by atoms with Gasteiger partial charge in [-0.25, -0.2) is 4.68 Å². The van der Waals surface area contributed by atoms with Gasteiger partial charge in [-0.2, -0.15) is 18.3 Å². The lowest BCUT2D eigenvalue weighted by Crippen LogP contribution is -2.11. The van der Waals surface area contributed by atoms with Crippen molar-refractivity contribution in [1.29, 1.82) is 0 Å². The molecule has 0 spiro atoms. The summed E-state index contributed by atoms with van der Waals surface area (Å²) in [7, 11) is 1.75. The van der Waals surface area contributed by atoms with Crippen LogP contribution >= 0.6 is 0 Å². The molecule has 96 valence electrons. The first-order chi connectivity index (χ1) is 8.52. The van der Waals surface area contributed by atoms with Crippen LogP contribution in [-0.2, 0) is 12.7 Å². The summed E-state index contributed by atoms with van der Waals surface area (Å²) < 4.78 is 39.8. The number of nitrogens with zero attached hydrogens (tertiary/aromatic N) is 2. The molecule has 0 fully saturated rings. The minimum Gasteiger partial charge on any atom is -0.314 e. The second kappa shape index (κ2) is 4.81. The summed E-state index contributed by atoms with van der Waals surface area (Å²) in [6.07, 6.45) is -2.86. The van der Waals surface area contributed by atoms with E-state index in [2.05, 4.69) is 10.4 Å². The quantitative estimate of drug-likeness (QED) is 0.913. The predicted octanol–water partition coefficient (Wildman–Crippen LogP) is 2.61. The predicted molar refractivity (Wildman–Crippen MR) is 61.3 cm³/mol. The highest BCUT2D eigenvalue weighted by Gasteiger charge is 2.33. The molecule has 0 atom stereocenters. The van der Waals surface area contributed by atoms with E-state index in [9.17, 15) is 13.2 Å². The molecule has 3 nitrogen and oxygen atoms in total. The molecule has 0 saturated carbocycles. The van der Waals surface area contributed by atoms with Crippen LogP contribution < -0.4 is 5.32 Å². The monoisotopic (exact) mass is 255 g/mol. The van der Waals surface area contributed by atoms with Crippen molar-refractivity contribution in [2.24, 2.45) is 0 Å². The molecular formula is C12H12F3N3. The van der Waals surface area contributed by atoms with Crippen molar-refractivity contribution in [3.8, 4) is 5.69 Å². The second-order valence-electron chi connectivity index (χ2n) is 3.80. The number of hydrogen-bond donors (Lipinski definition) is 1. The number of rotatable bonds is 3. The summed E-state index contributed by atoms with van der Waals surface area (Å²) in [5.41, 5.74) is 0.0333. The molecule has 2 aromatic rings. The third-order valence-corrected chi connectivity index (χ3v) is 2.46. The molecule has 1 aromatic carbocycles. The molecule has 0 radical (unpaired) electrons. The standard InChI is InChI=1S/C12H12F3N3/c1-16-8-9-6-7-18(17-9)11-5-3-2-4-10(11)12(13,14)15/h2-7,16H,8H2,1H3. The third kappa shape index (κ3) is 2.53. The van der Waals surface area contributed by atoms with Gasteiger partial charge in [-0.1, -0.05) is 12.1 Å². The Morgan fingerprint density at radius 2 is 1.94 bits per heavy atom. The SMILES string of the molecule is CNCc1ccn(-c2ccccc2C(F)(F)F)n1. The van der Waals surface area contributed by atoms with Crippen molar-refractivity contribution in [3.63, 3.8) is 0 Å². The van der Waals surface area contributed by atoms with E-state index in [0.29, 0.717) is 12.2 Å². The van der Waals surface area contributed by atoms with Gasteiger partial charge in [0.2, 0.25) is 0 Å². The fraction of sp³-hybridized carbons (Fsp3) is 0.250. The Morgan fingerprint density at radius 3 is 2.61 bits per heavy atom. The van der Waals surface area contributed by atoms with Crippen LogP contribution in [0.5, 0.6) is 0 Å². The average Bonchev–Trinajstić information content (AvgIpc) is 2.77. The Labute approximate surface area is 102 Å². The molecule has 1 aromatic heterocycles. The smallest absolute Gasteiger partial charge is 0.314 e. The van der Waals surface area contributed by atoms with Crippen molar-refractivity contribution in [3.05, 3.63) is 47.8 Å². The van der Waals surface area contributed by atoms with Crippen molar-refractivity contribution in [2.45, 2.75) is 12.7 Å². The minimum absolute atomic E-state index is 0.0346. The highest BCUT2D eigenvalue weighted by Crippen LogP contribution is 2.33. The summed E-state index contributed by atoms with van der Waals surface area (Å²) in [5, 5.41) is 6.99. The van der Waals surface area contributed by atoms with Gasteiger partial charge in [0.15, 0.2) is 0 Å². The molecule has 0 bridgehead atoms. The Bertz CT molecular complexity index is 531. The van der Waals surface area contributed by atoms with Gasteiger partial charge >= 0.3 is 6.18 Å². The van der Waals surface area contributed by atoms with Crippen LogP contribution in [0.1, 0.15) is 11.3 Å². The van der Waals surface area contributed by atoms with Gasteiger partial charge in [0.1, 0.15) is 0 Å². The van der Waals surface area contributed by atoms with Gasteiger partial charge in [-0.15, -0.1) is 0 Å². The summed E-state index contributed by atoms with van der Waals surface area (Å²) in [6, 6.07) is 7.06. The molecule has 0 aliphatic rings. The highest BCUT2D eigenvalue weighted by atomic mass is 19.4. The van der Waals surface area contributed by atoms with Crippen molar-refractivity contribution < 1.29 is 13.2 Å². The fourth-order valence-corrected chi connectivity index (χ4v) is 1.68. The van der Waals surface area contributed by atoms with Crippen LogP contribution in [0.3, 0.4) is 0 Å². The van der Waals surface area contributed by atoms with Gasteiger partial charge in [0.25, 0.3) is 0 Å². The largest absolute Gasteiger partial charge is 0.418 e. The number of aromatic nitrogens is 2. The van der Waals surface area contributed by atoms with Crippen LogP contribution in [0, 0.1) is 0 Å². The minimum atomic E-state index is -4.38. The maximum Gasteiger partial charge on any atom is 0.418 e. The van der Waals surface area contributed by atoms with Crippen LogP contribution in [0.15, 0.2) is 36.5 Å². The maximum atomic E-state index is 12.8. The van der Waals surface area contributed by atoms with E-state index in [1.54, 1.807) is 19.2 Å². The van der Waals surface area contributed by atoms with E-state index >= 15 is 0 Å². The molecule has 0 unspecified atom stereocenters. The van der Waals surface area contributed by atoms with Gasteiger partial charge in [0.05, 0.1) is 16.9 Å². The Kier molecular flexibility index (Phi) is 3.38. The van der Waals surface area contributed by atoms with Crippen molar-refractivity contribution in [1.82, 2.24) is 15.1 Å². The first-order valence-electron chi connectivity index (χ1n) is 5.38. The number of nitrogens with one attached hydrogen (secondary N) is 1. The summed E-state index contributed by atoms with van der Waals surface area (Å²) in [6.45, 7) is 0.515. The fourth-order valence-electron chi connectivity index (χ4n) is 1.68. The molecule has 0 amide bonds. The molecule has 0 aliphatic carbocycles. The summed E-state index contributed by atoms with van der Waals surface area (Å²) >= 11 is 0. The van der Waals surface area contributed by atoms with E-state index in [-0.39, 0.29) is 5.69 Å². The van der Waals surface area contributed by atoms with Gasteiger partial charge in [0, 0.05) is 12.7 Å². The van der Waals surface area contributed by atoms with E-state index in [1.165, 1.54) is 23.0 Å². The Morgan fingerprint density at radius 1 is 1.22 bits per heavy atom. The first-order valence-corrected chi connectivity index (χ1v) is 5.38. The van der Waals surface area contributed by atoms with Gasteiger partial charge < -0.3 is 5.32 Å². The van der Waals surface area contributed by atoms with Gasteiger partial charge in [-0.05, 0) is 25.2 Å². The second-order valence-corrected chi connectivity index (χ2v) is 3.80. The molecule has 1 N–H and O–H groups in total. The van der Waals surface area contributed by atoms with Crippen LogP contribution in [0.2, 0.25) is 0 Å². The zero-order chi connectivity index (χ0) is 13.2. The number of halogens is 3. The van der Waals surface area contributed by atoms with E-state index in [1.807, 2.05) is 0 Å². The van der Waals surface area contributed by atoms with Gasteiger partial charge in [-0.3, -0.25) is 0 Å².